The fourth-order valence-electron chi connectivity index (χ4n) is 2.48. The van der Waals surface area contributed by atoms with Crippen LogP contribution in [0.15, 0.2) is 48.5 Å². The van der Waals surface area contributed by atoms with Crippen LogP contribution in [0.5, 0.6) is 5.75 Å². The maximum absolute atomic E-state index is 12.3. The SMILES string of the molecule is CCN(C(=O)NCCOc1c(C)cccc1C)c1ccccc1. The van der Waals surface area contributed by atoms with Crippen LogP contribution in [0.3, 0.4) is 0 Å². The molecule has 0 aliphatic rings. The fourth-order valence-corrected chi connectivity index (χ4v) is 2.48. The molecule has 0 aliphatic carbocycles. The summed E-state index contributed by atoms with van der Waals surface area (Å²) in [5.74, 6) is 0.900. The molecule has 0 aliphatic heterocycles. The molecule has 0 unspecified atom stereocenters. The molecule has 122 valence electrons. The molecule has 0 saturated heterocycles. The predicted molar refractivity (Wildman–Crippen MR) is 94.3 cm³/mol. The second-order valence-electron chi connectivity index (χ2n) is 5.38. The number of nitrogens with one attached hydrogen (secondary N) is 1. The van der Waals surface area contributed by atoms with E-state index >= 15 is 0 Å². The quantitative estimate of drug-likeness (QED) is 0.821. The van der Waals surface area contributed by atoms with Gasteiger partial charge in [-0.05, 0) is 44.0 Å². The normalized spacial score (nSPS) is 10.2. The second kappa shape index (κ2) is 8.22. The van der Waals surface area contributed by atoms with Crippen LogP contribution in [-0.4, -0.2) is 25.7 Å². The lowest BCUT2D eigenvalue weighted by Crippen LogP contribution is -2.41. The first kappa shape index (κ1) is 16.9. The van der Waals surface area contributed by atoms with Crippen molar-refractivity contribution in [3.8, 4) is 5.75 Å². The number of nitrogens with zero attached hydrogens (tertiary/aromatic N) is 1. The molecule has 23 heavy (non-hydrogen) atoms. The molecule has 0 aromatic heterocycles. The van der Waals surface area contributed by atoms with E-state index in [9.17, 15) is 4.79 Å². The van der Waals surface area contributed by atoms with Gasteiger partial charge in [-0.25, -0.2) is 4.79 Å². The van der Waals surface area contributed by atoms with Gasteiger partial charge in [0.05, 0.1) is 6.54 Å². The lowest BCUT2D eigenvalue weighted by atomic mass is 10.1. The summed E-state index contributed by atoms with van der Waals surface area (Å²) >= 11 is 0. The molecular weight excluding hydrogens is 288 g/mol. The van der Waals surface area contributed by atoms with Crippen LogP contribution >= 0.6 is 0 Å². The summed E-state index contributed by atoms with van der Waals surface area (Å²) in [6.45, 7) is 7.54. The Bertz CT molecular complexity index is 621. The third-order valence-corrected chi connectivity index (χ3v) is 3.66. The Morgan fingerprint density at radius 3 is 2.30 bits per heavy atom. The van der Waals surface area contributed by atoms with Crippen molar-refractivity contribution >= 4 is 11.7 Å². The number of hydrogen-bond acceptors (Lipinski definition) is 2. The minimum Gasteiger partial charge on any atom is -0.491 e. The molecule has 4 heteroatoms. The standard InChI is InChI=1S/C19H24N2O2/c1-4-21(17-11-6-5-7-12-17)19(22)20-13-14-23-18-15(2)9-8-10-16(18)3/h5-12H,4,13-14H2,1-3H3,(H,20,22). The summed E-state index contributed by atoms with van der Waals surface area (Å²) < 4.78 is 5.80. The number of aryl methyl sites for hydroxylation is 2. The number of amides is 2. The summed E-state index contributed by atoms with van der Waals surface area (Å²) in [7, 11) is 0. The van der Waals surface area contributed by atoms with Crippen molar-refractivity contribution < 1.29 is 9.53 Å². The average Bonchev–Trinajstić information content (AvgIpc) is 2.55. The molecule has 1 N–H and O–H groups in total. The van der Waals surface area contributed by atoms with Crippen LogP contribution in [0.4, 0.5) is 10.5 Å². The van der Waals surface area contributed by atoms with E-state index in [1.165, 1.54) is 0 Å². The van der Waals surface area contributed by atoms with Crippen LogP contribution in [0.25, 0.3) is 0 Å². The zero-order valence-corrected chi connectivity index (χ0v) is 14.0. The summed E-state index contributed by atoms with van der Waals surface area (Å²) in [4.78, 5) is 14.0. The van der Waals surface area contributed by atoms with Gasteiger partial charge in [0.15, 0.2) is 0 Å². The Morgan fingerprint density at radius 1 is 1.04 bits per heavy atom. The van der Waals surface area contributed by atoms with E-state index in [1.54, 1.807) is 4.90 Å². The van der Waals surface area contributed by atoms with Crippen LogP contribution in [0, 0.1) is 13.8 Å². The van der Waals surface area contributed by atoms with Gasteiger partial charge in [0.1, 0.15) is 12.4 Å². The monoisotopic (exact) mass is 312 g/mol. The smallest absolute Gasteiger partial charge is 0.321 e. The van der Waals surface area contributed by atoms with E-state index in [2.05, 4.69) is 5.32 Å². The van der Waals surface area contributed by atoms with Crippen molar-refractivity contribution in [1.82, 2.24) is 5.32 Å². The minimum atomic E-state index is -0.108. The molecular formula is C19H24N2O2. The Hall–Kier alpha value is -2.49. The van der Waals surface area contributed by atoms with E-state index in [1.807, 2.05) is 69.3 Å². The van der Waals surface area contributed by atoms with Gasteiger partial charge in [-0.15, -0.1) is 0 Å². The summed E-state index contributed by atoms with van der Waals surface area (Å²) in [5.41, 5.74) is 3.11. The zero-order valence-electron chi connectivity index (χ0n) is 14.0. The van der Waals surface area contributed by atoms with Crippen LogP contribution < -0.4 is 15.0 Å². The lowest BCUT2D eigenvalue weighted by molar-refractivity contribution is 0.242. The van der Waals surface area contributed by atoms with Crippen molar-refractivity contribution in [2.75, 3.05) is 24.6 Å². The van der Waals surface area contributed by atoms with Gasteiger partial charge in [0.25, 0.3) is 0 Å². The summed E-state index contributed by atoms with van der Waals surface area (Å²) in [6.07, 6.45) is 0. The maximum Gasteiger partial charge on any atom is 0.321 e. The van der Waals surface area contributed by atoms with Crippen molar-refractivity contribution in [2.45, 2.75) is 20.8 Å². The highest BCUT2D eigenvalue weighted by atomic mass is 16.5. The Kier molecular flexibility index (Phi) is 6.03. The third kappa shape index (κ3) is 4.49. The first-order valence-corrected chi connectivity index (χ1v) is 7.93. The number of hydrogen-bond donors (Lipinski definition) is 1. The van der Waals surface area contributed by atoms with Gasteiger partial charge >= 0.3 is 6.03 Å². The molecule has 0 radical (unpaired) electrons. The third-order valence-electron chi connectivity index (χ3n) is 3.66. The van der Waals surface area contributed by atoms with E-state index in [4.69, 9.17) is 4.74 Å². The van der Waals surface area contributed by atoms with Crippen molar-refractivity contribution in [2.24, 2.45) is 0 Å². The molecule has 0 bridgehead atoms. The highest BCUT2D eigenvalue weighted by Gasteiger charge is 2.12. The zero-order chi connectivity index (χ0) is 16.7. The minimum absolute atomic E-state index is 0.108. The van der Waals surface area contributed by atoms with Gasteiger partial charge in [-0.1, -0.05) is 36.4 Å². The molecule has 0 fully saturated rings. The van der Waals surface area contributed by atoms with Crippen molar-refractivity contribution in [1.29, 1.82) is 0 Å². The van der Waals surface area contributed by atoms with Gasteiger partial charge < -0.3 is 10.1 Å². The number of urea groups is 1. The first-order valence-electron chi connectivity index (χ1n) is 7.93. The first-order chi connectivity index (χ1) is 11.1. The van der Waals surface area contributed by atoms with E-state index in [0.29, 0.717) is 19.7 Å². The highest BCUT2D eigenvalue weighted by molar-refractivity contribution is 5.91. The van der Waals surface area contributed by atoms with Gasteiger partial charge in [-0.3, -0.25) is 4.90 Å². The second-order valence-corrected chi connectivity index (χ2v) is 5.38. The van der Waals surface area contributed by atoms with Gasteiger partial charge in [0, 0.05) is 12.2 Å². The Balaban J connectivity index is 1.85. The molecule has 2 amide bonds. The Labute approximate surface area is 138 Å². The molecule has 0 spiro atoms. The lowest BCUT2D eigenvalue weighted by Gasteiger charge is -2.21. The van der Waals surface area contributed by atoms with Crippen LogP contribution in [0.1, 0.15) is 18.1 Å². The topological polar surface area (TPSA) is 41.6 Å². The summed E-state index contributed by atoms with van der Waals surface area (Å²) in [6, 6.07) is 15.6. The number of benzene rings is 2. The number of carbonyl (C=O) groups is 1. The average molecular weight is 312 g/mol. The van der Waals surface area contributed by atoms with E-state index < -0.39 is 0 Å². The van der Waals surface area contributed by atoms with E-state index in [-0.39, 0.29) is 6.03 Å². The number of para-hydroxylation sites is 2. The van der Waals surface area contributed by atoms with Crippen LogP contribution in [0.2, 0.25) is 0 Å². The van der Waals surface area contributed by atoms with Crippen LogP contribution in [-0.2, 0) is 0 Å². The molecule has 0 heterocycles. The molecule has 2 rings (SSSR count). The van der Waals surface area contributed by atoms with Crippen molar-refractivity contribution in [3.05, 3.63) is 59.7 Å². The molecule has 2 aromatic rings. The summed E-state index contributed by atoms with van der Waals surface area (Å²) in [5, 5.41) is 2.90. The highest BCUT2D eigenvalue weighted by Crippen LogP contribution is 2.21. The van der Waals surface area contributed by atoms with Gasteiger partial charge in [0.2, 0.25) is 0 Å². The number of carbonyl (C=O) groups excluding carboxylic acids is 1. The Morgan fingerprint density at radius 2 is 1.70 bits per heavy atom. The van der Waals surface area contributed by atoms with Crippen molar-refractivity contribution in [3.63, 3.8) is 0 Å². The fraction of sp³-hybridized carbons (Fsp3) is 0.316. The number of rotatable bonds is 6. The molecule has 0 saturated carbocycles. The molecule has 0 atom stereocenters. The maximum atomic E-state index is 12.3. The molecule has 2 aromatic carbocycles. The number of ether oxygens (including phenoxy) is 1. The molecule has 4 nitrogen and oxygen atoms in total. The predicted octanol–water partition coefficient (Wildman–Crippen LogP) is 3.92. The van der Waals surface area contributed by atoms with Gasteiger partial charge in [-0.2, -0.15) is 0 Å². The largest absolute Gasteiger partial charge is 0.491 e. The number of anilines is 1. The van der Waals surface area contributed by atoms with E-state index in [0.717, 1.165) is 22.6 Å².